The van der Waals surface area contributed by atoms with Crippen molar-refractivity contribution in [1.82, 2.24) is 19.9 Å². The van der Waals surface area contributed by atoms with Crippen LogP contribution in [0.1, 0.15) is 23.1 Å². The number of benzene rings is 2. The first kappa shape index (κ1) is 20.4. The molecule has 2 heterocycles. The van der Waals surface area contributed by atoms with Gasteiger partial charge in [-0.15, -0.1) is 0 Å². The van der Waals surface area contributed by atoms with E-state index >= 15 is 0 Å². The summed E-state index contributed by atoms with van der Waals surface area (Å²) in [5, 5.41) is 7.55. The molecule has 2 aromatic carbocycles. The molecule has 0 bridgehead atoms. The van der Waals surface area contributed by atoms with Gasteiger partial charge in [-0.05, 0) is 78.4 Å². The highest BCUT2D eigenvalue weighted by Gasteiger charge is 2.30. The van der Waals surface area contributed by atoms with Crippen LogP contribution in [0.3, 0.4) is 0 Å². The fraction of sp³-hybridized carbons (Fsp3) is 0.455. The molecule has 1 saturated heterocycles. The van der Waals surface area contributed by atoms with E-state index in [1.165, 1.54) is 22.4 Å². The van der Waals surface area contributed by atoms with Crippen LogP contribution in [-0.2, 0) is 22.9 Å². The highest BCUT2D eigenvalue weighted by Crippen LogP contribution is 2.34. The number of aromatic nitrogens is 2. The van der Waals surface area contributed by atoms with E-state index in [9.17, 15) is 8.42 Å². The largest absolute Gasteiger partial charge is 0.369 e. The van der Waals surface area contributed by atoms with Crippen LogP contribution in [0, 0.1) is 6.92 Å². The van der Waals surface area contributed by atoms with Gasteiger partial charge in [-0.1, -0.05) is 12.1 Å². The SMILES string of the molecule is Cc1ccc(N2CCN(C)CC2)c2c1CC[C@@H](NS(=O)(=O)c1cccc3nonc13)C2. The second-order valence-electron chi connectivity index (χ2n) is 8.60. The van der Waals surface area contributed by atoms with Gasteiger partial charge in [0.2, 0.25) is 10.0 Å². The molecule has 164 valence electrons. The summed E-state index contributed by atoms with van der Waals surface area (Å²) in [6, 6.07) is 9.14. The quantitative estimate of drug-likeness (QED) is 0.663. The molecule has 1 aromatic heterocycles. The molecular weight excluding hydrogens is 414 g/mol. The summed E-state index contributed by atoms with van der Waals surface area (Å²) in [4.78, 5) is 4.89. The summed E-state index contributed by atoms with van der Waals surface area (Å²) in [5.41, 5.74) is 5.89. The van der Waals surface area contributed by atoms with Gasteiger partial charge < -0.3 is 9.80 Å². The molecule has 1 atom stereocenters. The number of piperazine rings is 1. The van der Waals surface area contributed by atoms with Crippen LogP contribution >= 0.6 is 0 Å². The van der Waals surface area contributed by atoms with Gasteiger partial charge in [0.05, 0.1) is 0 Å². The van der Waals surface area contributed by atoms with Crippen molar-refractivity contribution in [3.05, 3.63) is 47.0 Å². The zero-order chi connectivity index (χ0) is 21.6. The summed E-state index contributed by atoms with van der Waals surface area (Å²) in [5.74, 6) is 0. The molecule has 0 spiro atoms. The summed E-state index contributed by atoms with van der Waals surface area (Å²) >= 11 is 0. The average Bonchev–Trinajstić information content (AvgIpc) is 3.23. The Hall–Kier alpha value is -2.49. The first-order chi connectivity index (χ1) is 14.9. The van der Waals surface area contributed by atoms with Gasteiger partial charge in [-0.2, -0.15) is 0 Å². The maximum atomic E-state index is 13.2. The van der Waals surface area contributed by atoms with Crippen molar-refractivity contribution < 1.29 is 13.0 Å². The van der Waals surface area contributed by atoms with E-state index in [0.717, 1.165) is 39.0 Å². The molecule has 3 aromatic rings. The van der Waals surface area contributed by atoms with Crippen molar-refractivity contribution in [3.8, 4) is 0 Å². The number of sulfonamides is 1. The number of rotatable bonds is 4. The monoisotopic (exact) mass is 441 g/mol. The van der Waals surface area contributed by atoms with E-state index in [-0.39, 0.29) is 16.5 Å². The number of anilines is 1. The summed E-state index contributed by atoms with van der Waals surface area (Å²) in [6.45, 7) is 6.20. The van der Waals surface area contributed by atoms with E-state index in [2.05, 4.69) is 50.9 Å². The van der Waals surface area contributed by atoms with Crippen LogP contribution in [0.2, 0.25) is 0 Å². The van der Waals surface area contributed by atoms with E-state index in [1.54, 1.807) is 18.2 Å². The Morgan fingerprint density at radius 3 is 2.68 bits per heavy atom. The number of aryl methyl sites for hydroxylation is 1. The van der Waals surface area contributed by atoms with Crippen LogP contribution in [0.5, 0.6) is 0 Å². The van der Waals surface area contributed by atoms with E-state index in [1.807, 2.05) is 0 Å². The van der Waals surface area contributed by atoms with Crippen molar-refractivity contribution in [3.63, 3.8) is 0 Å². The van der Waals surface area contributed by atoms with Crippen molar-refractivity contribution in [2.75, 3.05) is 38.1 Å². The zero-order valence-electron chi connectivity index (χ0n) is 17.8. The van der Waals surface area contributed by atoms with Crippen molar-refractivity contribution >= 4 is 26.7 Å². The smallest absolute Gasteiger partial charge is 0.243 e. The van der Waals surface area contributed by atoms with E-state index in [4.69, 9.17) is 4.63 Å². The topological polar surface area (TPSA) is 91.6 Å². The molecule has 0 unspecified atom stereocenters. The molecule has 1 fully saturated rings. The van der Waals surface area contributed by atoms with Crippen molar-refractivity contribution in [2.24, 2.45) is 0 Å². The van der Waals surface area contributed by atoms with Crippen LogP contribution in [-0.4, -0.2) is 62.9 Å². The molecule has 1 aliphatic heterocycles. The second-order valence-corrected chi connectivity index (χ2v) is 10.3. The number of hydrogen-bond acceptors (Lipinski definition) is 7. The fourth-order valence-corrected chi connectivity index (χ4v) is 6.19. The summed E-state index contributed by atoms with van der Waals surface area (Å²) < 4.78 is 34.0. The standard InChI is InChI=1S/C22H27N5O3S/c1-15-6-9-20(27-12-10-26(2)11-13-27)18-14-16(7-8-17(15)18)25-31(28,29)21-5-3-4-19-22(21)24-30-23-19/h3-6,9,16,25H,7-8,10-14H2,1-2H3/t16-/m1/s1. The molecule has 8 nitrogen and oxygen atoms in total. The van der Waals surface area contributed by atoms with Crippen LogP contribution in [0.25, 0.3) is 11.0 Å². The van der Waals surface area contributed by atoms with Crippen LogP contribution in [0.4, 0.5) is 5.69 Å². The van der Waals surface area contributed by atoms with Gasteiger partial charge in [0.15, 0.2) is 5.52 Å². The van der Waals surface area contributed by atoms with Gasteiger partial charge >= 0.3 is 0 Å². The Balaban J connectivity index is 1.43. The number of nitrogens with one attached hydrogen (secondary N) is 1. The third-order valence-electron chi connectivity index (χ3n) is 6.54. The molecule has 1 aliphatic carbocycles. The van der Waals surface area contributed by atoms with Crippen LogP contribution in [0.15, 0.2) is 39.9 Å². The third kappa shape index (κ3) is 3.81. The minimum Gasteiger partial charge on any atom is -0.369 e. The van der Waals surface area contributed by atoms with Crippen molar-refractivity contribution in [2.45, 2.75) is 37.1 Å². The zero-order valence-corrected chi connectivity index (χ0v) is 18.7. The normalized spacial score (nSPS) is 20.2. The predicted molar refractivity (Wildman–Crippen MR) is 119 cm³/mol. The molecular formula is C22H27N5O3S. The maximum absolute atomic E-state index is 13.2. The first-order valence-electron chi connectivity index (χ1n) is 10.7. The average molecular weight is 442 g/mol. The first-order valence-corrected chi connectivity index (χ1v) is 12.2. The number of nitrogens with zero attached hydrogens (tertiary/aromatic N) is 4. The van der Waals surface area contributed by atoms with E-state index in [0.29, 0.717) is 11.9 Å². The lowest BCUT2D eigenvalue weighted by molar-refractivity contribution is 0.312. The highest BCUT2D eigenvalue weighted by atomic mass is 32.2. The Labute approximate surface area is 182 Å². The molecule has 5 rings (SSSR count). The molecule has 31 heavy (non-hydrogen) atoms. The Bertz CT molecular complexity index is 1220. The summed E-state index contributed by atoms with van der Waals surface area (Å²) in [6.07, 6.45) is 2.32. The highest BCUT2D eigenvalue weighted by molar-refractivity contribution is 7.89. The van der Waals surface area contributed by atoms with Gasteiger partial charge in [0, 0.05) is 37.9 Å². The third-order valence-corrected chi connectivity index (χ3v) is 8.09. The molecule has 0 radical (unpaired) electrons. The Morgan fingerprint density at radius 1 is 1.06 bits per heavy atom. The number of fused-ring (bicyclic) bond motifs is 2. The predicted octanol–water partition coefficient (Wildman–Crippen LogP) is 2.12. The Kier molecular flexibility index (Phi) is 5.19. The van der Waals surface area contributed by atoms with E-state index < -0.39 is 10.0 Å². The van der Waals surface area contributed by atoms with Gasteiger partial charge in [-0.25, -0.2) is 17.8 Å². The molecule has 0 saturated carbocycles. The number of hydrogen-bond donors (Lipinski definition) is 1. The minimum atomic E-state index is -3.75. The van der Waals surface area contributed by atoms with Crippen molar-refractivity contribution in [1.29, 1.82) is 0 Å². The number of likely N-dealkylation sites (N-methyl/N-ethyl adjacent to an activating group) is 1. The van der Waals surface area contributed by atoms with Gasteiger partial charge in [-0.3, -0.25) is 0 Å². The molecule has 2 aliphatic rings. The van der Waals surface area contributed by atoms with Crippen LogP contribution < -0.4 is 9.62 Å². The molecule has 9 heteroatoms. The molecule has 1 N–H and O–H groups in total. The second kappa shape index (κ2) is 7.89. The lowest BCUT2D eigenvalue weighted by Gasteiger charge is -2.37. The summed E-state index contributed by atoms with van der Waals surface area (Å²) in [7, 11) is -1.60. The van der Waals surface area contributed by atoms with Gasteiger partial charge in [0.1, 0.15) is 10.4 Å². The Morgan fingerprint density at radius 2 is 1.87 bits per heavy atom. The minimum absolute atomic E-state index is 0.112. The van der Waals surface area contributed by atoms with Gasteiger partial charge in [0.25, 0.3) is 0 Å². The molecule has 0 amide bonds. The lowest BCUT2D eigenvalue weighted by atomic mass is 9.84. The lowest BCUT2D eigenvalue weighted by Crippen LogP contribution is -2.45. The fourth-order valence-electron chi connectivity index (χ4n) is 4.77. The maximum Gasteiger partial charge on any atom is 0.243 e.